The van der Waals surface area contributed by atoms with Gasteiger partial charge in [0.15, 0.2) is 0 Å². The Morgan fingerprint density at radius 1 is 1.44 bits per heavy atom. The molecule has 0 bridgehead atoms. The van der Waals surface area contributed by atoms with E-state index in [-0.39, 0.29) is 6.10 Å². The third kappa shape index (κ3) is 3.00. The molecule has 1 aliphatic rings. The predicted molar refractivity (Wildman–Crippen MR) is 69.4 cm³/mol. The van der Waals surface area contributed by atoms with Crippen molar-refractivity contribution < 1.29 is 9.47 Å². The summed E-state index contributed by atoms with van der Waals surface area (Å²) in [5.41, 5.74) is 1.73. The summed E-state index contributed by atoms with van der Waals surface area (Å²) in [4.78, 5) is 2.22. The Morgan fingerprint density at radius 3 is 3.06 bits per heavy atom. The van der Waals surface area contributed by atoms with E-state index < -0.39 is 0 Å². The highest BCUT2D eigenvalue weighted by Crippen LogP contribution is 2.24. The normalized spacial score (nSPS) is 19.6. The highest BCUT2D eigenvalue weighted by Gasteiger charge is 2.22. The smallest absolute Gasteiger partial charge is 0.146 e. The number of methoxy groups -OCH3 is 1. The number of para-hydroxylation sites is 1. The van der Waals surface area contributed by atoms with E-state index in [2.05, 4.69) is 11.0 Å². The Kier molecular flexibility index (Phi) is 4.57. The summed E-state index contributed by atoms with van der Waals surface area (Å²) < 4.78 is 10.5. The van der Waals surface area contributed by atoms with Crippen LogP contribution in [-0.4, -0.2) is 33.1 Å². The van der Waals surface area contributed by atoms with Crippen LogP contribution in [0.5, 0.6) is 0 Å². The minimum atomic E-state index is 0.186. The maximum absolute atomic E-state index is 9.13. The summed E-state index contributed by atoms with van der Waals surface area (Å²) in [6, 6.07) is 9.96. The van der Waals surface area contributed by atoms with Crippen LogP contribution in [0, 0.1) is 11.3 Å². The van der Waals surface area contributed by atoms with Gasteiger partial charge in [0.2, 0.25) is 0 Å². The van der Waals surface area contributed by atoms with Gasteiger partial charge in [-0.25, -0.2) is 0 Å². The van der Waals surface area contributed by atoms with Crippen LogP contribution in [0.15, 0.2) is 24.3 Å². The van der Waals surface area contributed by atoms with Crippen molar-refractivity contribution in [2.45, 2.75) is 18.9 Å². The molecule has 1 saturated heterocycles. The van der Waals surface area contributed by atoms with Crippen LogP contribution in [0.2, 0.25) is 0 Å². The molecule has 0 N–H and O–H groups in total. The van der Waals surface area contributed by atoms with E-state index in [0.717, 1.165) is 37.2 Å². The minimum Gasteiger partial charge on any atom is -0.368 e. The lowest BCUT2D eigenvalue weighted by molar-refractivity contribution is -0.0743. The number of benzene rings is 1. The highest BCUT2D eigenvalue weighted by molar-refractivity contribution is 5.59. The van der Waals surface area contributed by atoms with E-state index in [1.807, 2.05) is 24.3 Å². The Hall–Kier alpha value is -1.57. The van der Waals surface area contributed by atoms with Crippen LogP contribution >= 0.6 is 0 Å². The fourth-order valence-electron chi connectivity index (χ4n) is 2.30. The molecule has 0 saturated carbocycles. The van der Waals surface area contributed by atoms with Crippen molar-refractivity contribution in [3.63, 3.8) is 0 Å². The summed E-state index contributed by atoms with van der Waals surface area (Å²) in [6.07, 6.45) is 2.31. The SMILES string of the molecule is COCO[C@H]1CCCN(c2ccccc2C#N)C1. The van der Waals surface area contributed by atoms with E-state index in [9.17, 15) is 0 Å². The van der Waals surface area contributed by atoms with Crippen molar-refractivity contribution >= 4 is 5.69 Å². The summed E-state index contributed by atoms with van der Waals surface area (Å²) in [5.74, 6) is 0. The molecule has 2 rings (SSSR count). The van der Waals surface area contributed by atoms with Gasteiger partial charge < -0.3 is 14.4 Å². The number of hydrogen-bond acceptors (Lipinski definition) is 4. The second-order valence-electron chi connectivity index (χ2n) is 4.41. The topological polar surface area (TPSA) is 45.5 Å². The van der Waals surface area contributed by atoms with Crippen molar-refractivity contribution in [3.8, 4) is 6.07 Å². The van der Waals surface area contributed by atoms with Crippen LogP contribution in [0.25, 0.3) is 0 Å². The second kappa shape index (κ2) is 6.39. The van der Waals surface area contributed by atoms with Gasteiger partial charge in [0.1, 0.15) is 12.9 Å². The van der Waals surface area contributed by atoms with Crippen LogP contribution in [0.3, 0.4) is 0 Å². The second-order valence-corrected chi connectivity index (χ2v) is 4.41. The molecule has 1 heterocycles. The van der Waals surface area contributed by atoms with Crippen molar-refractivity contribution in [1.29, 1.82) is 5.26 Å². The average molecular weight is 246 g/mol. The third-order valence-electron chi connectivity index (χ3n) is 3.16. The van der Waals surface area contributed by atoms with Crippen LogP contribution in [-0.2, 0) is 9.47 Å². The van der Waals surface area contributed by atoms with Gasteiger partial charge in [-0.3, -0.25) is 0 Å². The van der Waals surface area contributed by atoms with Gasteiger partial charge in [0.05, 0.1) is 17.4 Å². The third-order valence-corrected chi connectivity index (χ3v) is 3.16. The molecular formula is C14H18N2O2. The van der Waals surface area contributed by atoms with Crippen molar-refractivity contribution in [2.24, 2.45) is 0 Å². The highest BCUT2D eigenvalue weighted by atomic mass is 16.7. The molecule has 0 aliphatic carbocycles. The molecule has 1 aromatic rings. The zero-order chi connectivity index (χ0) is 12.8. The molecule has 0 aromatic heterocycles. The van der Waals surface area contributed by atoms with Crippen molar-refractivity contribution in [3.05, 3.63) is 29.8 Å². The number of nitrogens with zero attached hydrogens (tertiary/aromatic N) is 2. The summed E-state index contributed by atoms with van der Waals surface area (Å²) >= 11 is 0. The molecule has 1 fully saturated rings. The first-order valence-corrected chi connectivity index (χ1v) is 6.19. The van der Waals surface area contributed by atoms with E-state index in [4.69, 9.17) is 14.7 Å². The molecule has 0 spiro atoms. The zero-order valence-electron chi connectivity index (χ0n) is 10.6. The fraction of sp³-hybridized carbons (Fsp3) is 0.500. The molecular weight excluding hydrogens is 228 g/mol. The summed E-state index contributed by atoms with van der Waals surface area (Å²) in [5, 5.41) is 9.13. The number of hydrogen-bond donors (Lipinski definition) is 0. The maximum atomic E-state index is 9.13. The van der Waals surface area contributed by atoms with Crippen molar-refractivity contribution in [1.82, 2.24) is 0 Å². The van der Waals surface area contributed by atoms with Gasteiger partial charge in [-0.15, -0.1) is 0 Å². The number of nitriles is 1. The molecule has 96 valence electrons. The quantitative estimate of drug-likeness (QED) is 0.764. The number of anilines is 1. The van der Waals surface area contributed by atoms with E-state index in [1.54, 1.807) is 7.11 Å². The van der Waals surface area contributed by atoms with Gasteiger partial charge in [-0.1, -0.05) is 12.1 Å². The number of ether oxygens (including phenoxy) is 2. The van der Waals surface area contributed by atoms with E-state index >= 15 is 0 Å². The standard InChI is InChI=1S/C14H18N2O2/c1-17-11-18-13-6-4-8-16(10-13)14-7-3-2-5-12(14)9-15/h2-3,5,7,13H,4,6,8,10-11H2,1H3/t13-/m0/s1. The fourth-order valence-corrected chi connectivity index (χ4v) is 2.30. The van der Waals surface area contributed by atoms with Gasteiger partial charge >= 0.3 is 0 Å². The van der Waals surface area contributed by atoms with Crippen LogP contribution in [0.4, 0.5) is 5.69 Å². The van der Waals surface area contributed by atoms with Gasteiger partial charge in [0.25, 0.3) is 0 Å². The molecule has 0 radical (unpaired) electrons. The lowest BCUT2D eigenvalue weighted by Crippen LogP contribution is -2.40. The molecule has 18 heavy (non-hydrogen) atoms. The minimum absolute atomic E-state index is 0.186. The Balaban J connectivity index is 2.06. The Labute approximate surface area is 108 Å². The predicted octanol–water partition coefficient (Wildman–Crippen LogP) is 2.15. The molecule has 0 unspecified atom stereocenters. The molecule has 1 aliphatic heterocycles. The number of rotatable bonds is 4. The first-order chi connectivity index (χ1) is 8.85. The van der Waals surface area contributed by atoms with Crippen LogP contribution < -0.4 is 4.90 Å². The first kappa shape index (κ1) is 12.9. The first-order valence-electron chi connectivity index (χ1n) is 6.19. The largest absolute Gasteiger partial charge is 0.368 e. The summed E-state index contributed by atoms with van der Waals surface area (Å²) in [6.45, 7) is 2.13. The average Bonchev–Trinajstić information content (AvgIpc) is 2.45. The molecule has 1 atom stereocenters. The molecule has 4 nitrogen and oxygen atoms in total. The Bertz CT molecular complexity index is 428. The van der Waals surface area contributed by atoms with Crippen LogP contribution in [0.1, 0.15) is 18.4 Å². The molecule has 4 heteroatoms. The van der Waals surface area contributed by atoms with Gasteiger partial charge in [0, 0.05) is 20.2 Å². The van der Waals surface area contributed by atoms with Gasteiger partial charge in [-0.05, 0) is 25.0 Å². The Morgan fingerprint density at radius 2 is 2.28 bits per heavy atom. The summed E-state index contributed by atoms with van der Waals surface area (Å²) in [7, 11) is 1.63. The van der Waals surface area contributed by atoms with Crippen molar-refractivity contribution in [2.75, 3.05) is 31.9 Å². The zero-order valence-corrected chi connectivity index (χ0v) is 10.6. The monoisotopic (exact) mass is 246 g/mol. The lowest BCUT2D eigenvalue weighted by atomic mass is 10.1. The van der Waals surface area contributed by atoms with Gasteiger partial charge in [-0.2, -0.15) is 5.26 Å². The number of piperidine rings is 1. The molecule has 0 amide bonds. The maximum Gasteiger partial charge on any atom is 0.146 e. The van der Waals surface area contributed by atoms with E-state index in [1.165, 1.54) is 0 Å². The van der Waals surface area contributed by atoms with E-state index in [0.29, 0.717) is 6.79 Å². The molecule has 1 aromatic carbocycles. The lowest BCUT2D eigenvalue weighted by Gasteiger charge is -2.34.